The standard InChI is InChI=1S/C14H28N2O2S/c1-11(2)14-6-5-7-16(14)19(17,18)15-9-12(3)8-13(4)10-15/h11-14H,5-10H2,1-4H3/t12-,13-,14-/m1/s1. The van der Waals surface area contributed by atoms with Crippen molar-refractivity contribution in [3.8, 4) is 0 Å². The Labute approximate surface area is 118 Å². The maximum absolute atomic E-state index is 12.8. The van der Waals surface area contributed by atoms with Gasteiger partial charge < -0.3 is 0 Å². The Kier molecular flexibility index (Phi) is 4.58. The third kappa shape index (κ3) is 3.14. The lowest BCUT2D eigenvalue weighted by Gasteiger charge is -2.38. The van der Waals surface area contributed by atoms with E-state index in [0.29, 0.717) is 37.4 Å². The monoisotopic (exact) mass is 288 g/mol. The molecule has 0 N–H and O–H groups in total. The summed E-state index contributed by atoms with van der Waals surface area (Å²) in [5.41, 5.74) is 0. The zero-order valence-corrected chi connectivity index (χ0v) is 13.5. The van der Waals surface area contributed by atoms with Gasteiger partial charge in [0.05, 0.1) is 0 Å². The molecule has 2 aliphatic heterocycles. The predicted octanol–water partition coefficient (Wildman–Crippen LogP) is 2.33. The number of hydrogen-bond acceptors (Lipinski definition) is 2. The molecule has 2 fully saturated rings. The second-order valence-electron chi connectivity index (χ2n) is 6.84. The minimum atomic E-state index is -3.26. The molecule has 4 nitrogen and oxygen atoms in total. The summed E-state index contributed by atoms with van der Waals surface area (Å²) in [5.74, 6) is 1.34. The molecule has 0 aromatic rings. The molecule has 2 heterocycles. The Bertz CT molecular complexity index is 398. The largest absolute Gasteiger partial charge is 0.282 e. The number of rotatable bonds is 3. The molecule has 0 unspecified atom stereocenters. The van der Waals surface area contributed by atoms with Gasteiger partial charge in [0.25, 0.3) is 10.2 Å². The minimum absolute atomic E-state index is 0.192. The van der Waals surface area contributed by atoms with Gasteiger partial charge in [0.15, 0.2) is 0 Å². The molecule has 0 radical (unpaired) electrons. The van der Waals surface area contributed by atoms with Crippen molar-refractivity contribution in [3.05, 3.63) is 0 Å². The molecular formula is C14H28N2O2S. The van der Waals surface area contributed by atoms with Crippen LogP contribution in [0.1, 0.15) is 47.0 Å². The van der Waals surface area contributed by atoms with E-state index in [2.05, 4.69) is 27.7 Å². The Balaban J connectivity index is 2.17. The Morgan fingerprint density at radius 3 is 2.21 bits per heavy atom. The third-order valence-electron chi connectivity index (χ3n) is 4.48. The van der Waals surface area contributed by atoms with Gasteiger partial charge in [-0.15, -0.1) is 0 Å². The van der Waals surface area contributed by atoms with Crippen LogP contribution >= 0.6 is 0 Å². The van der Waals surface area contributed by atoms with Gasteiger partial charge in [-0.2, -0.15) is 17.0 Å². The number of hydrogen-bond donors (Lipinski definition) is 0. The molecule has 2 aliphatic rings. The van der Waals surface area contributed by atoms with E-state index < -0.39 is 10.2 Å². The summed E-state index contributed by atoms with van der Waals surface area (Å²) in [7, 11) is -3.26. The molecule has 0 spiro atoms. The summed E-state index contributed by atoms with van der Waals surface area (Å²) < 4.78 is 29.2. The van der Waals surface area contributed by atoms with E-state index in [9.17, 15) is 8.42 Å². The number of nitrogens with zero attached hydrogens (tertiary/aromatic N) is 2. The Morgan fingerprint density at radius 2 is 1.68 bits per heavy atom. The van der Waals surface area contributed by atoms with E-state index in [4.69, 9.17) is 0 Å². The van der Waals surface area contributed by atoms with Crippen LogP contribution in [0.4, 0.5) is 0 Å². The zero-order chi connectivity index (χ0) is 14.2. The predicted molar refractivity (Wildman–Crippen MR) is 78.0 cm³/mol. The van der Waals surface area contributed by atoms with Crippen molar-refractivity contribution in [1.82, 2.24) is 8.61 Å². The summed E-state index contributed by atoms with van der Waals surface area (Å²) in [6, 6.07) is 0.192. The van der Waals surface area contributed by atoms with Crippen LogP contribution in [-0.4, -0.2) is 42.7 Å². The molecule has 5 heteroatoms. The van der Waals surface area contributed by atoms with Crippen molar-refractivity contribution >= 4 is 10.2 Å². The van der Waals surface area contributed by atoms with Crippen LogP contribution in [0.15, 0.2) is 0 Å². The lowest BCUT2D eigenvalue weighted by atomic mass is 9.94. The van der Waals surface area contributed by atoms with E-state index in [1.54, 1.807) is 8.61 Å². The van der Waals surface area contributed by atoms with Gasteiger partial charge in [-0.1, -0.05) is 27.7 Å². The quantitative estimate of drug-likeness (QED) is 0.799. The van der Waals surface area contributed by atoms with E-state index in [0.717, 1.165) is 19.3 Å². The first-order chi connectivity index (χ1) is 8.82. The molecule has 2 rings (SSSR count). The number of piperidine rings is 1. The molecule has 2 saturated heterocycles. The molecule has 0 aromatic carbocycles. The van der Waals surface area contributed by atoms with Gasteiger partial charge in [0.2, 0.25) is 0 Å². The Hall–Kier alpha value is -0.130. The van der Waals surface area contributed by atoms with Gasteiger partial charge in [0.1, 0.15) is 0 Å². The van der Waals surface area contributed by atoms with Gasteiger partial charge in [-0.05, 0) is 37.0 Å². The van der Waals surface area contributed by atoms with Crippen molar-refractivity contribution in [3.63, 3.8) is 0 Å². The third-order valence-corrected chi connectivity index (χ3v) is 6.47. The molecule has 0 aromatic heterocycles. The fourth-order valence-corrected chi connectivity index (χ4v) is 5.89. The van der Waals surface area contributed by atoms with Crippen molar-refractivity contribution in [2.75, 3.05) is 19.6 Å². The topological polar surface area (TPSA) is 40.6 Å². The molecule has 0 aliphatic carbocycles. The van der Waals surface area contributed by atoms with Gasteiger partial charge in [0, 0.05) is 25.7 Å². The lowest BCUT2D eigenvalue weighted by Crippen LogP contribution is -2.51. The van der Waals surface area contributed by atoms with Crippen LogP contribution in [0.25, 0.3) is 0 Å². The van der Waals surface area contributed by atoms with Crippen LogP contribution in [-0.2, 0) is 10.2 Å². The van der Waals surface area contributed by atoms with E-state index in [-0.39, 0.29) is 6.04 Å². The highest BCUT2D eigenvalue weighted by Crippen LogP contribution is 2.31. The average Bonchev–Trinajstić information content (AvgIpc) is 2.76. The molecule has 0 bridgehead atoms. The van der Waals surface area contributed by atoms with Crippen LogP contribution in [0, 0.1) is 17.8 Å². The highest BCUT2D eigenvalue weighted by molar-refractivity contribution is 7.86. The van der Waals surface area contributed by atoms with Crippen LogP contribution < -0.4 is 0 Å². The molecule has 112 valence electrons. The highest BCUT2D eigenvalue weighted by atomic mass is 32.2. The molecule has 0 amide bonds. The second-order valence-corrected chi connectivity index (χ2v) is 8.72. The molecule has 19 heavy (non-hydrogen) atoms. The normalized spacial score (nSPS) is 35.1. The molecule has 0 saturated carbocycles. The fraction of sp³-hybridized carbons (Fsp3) is 1.00. The lowest BCUT2D eigenvalue weighted by molar-refractivity contribution is 0.201. The zero-order valence-electron chi connectivity index (χ0n) is 12.7. The van der Waals surface area contributed by atoms with Crippen LogP contribution in [0.5, 0.6) is 0 Å². The van der Waals surface area contributed by atoms with Crippen molar-refractivity contribution in [2.24, 2.45) is 17.8 Å². The summed E-state index contributed by atoms with van der Waals surface area (Å²) in [5, 5.41) is 0. The molecular weight excluding hydrogens is 260 g/mol. The maximum atomic E-state index is 12.8. The van der Waals surface area contributed by atoms with Gasteiger partial charge >= 0.3 is 0 Å². The summed E-state index contributed by atoms with van der Waals surface area (Å²) >= 11 is 0. The van der Waals surface area contributed by atoms with Crippen molar-refractivity contribution < 1.29 is 8.42 Å². The summed E-state index contributed by atoms with van der Waals surface area (Å²) in [4.78, 5) is 0. The van der Waals surface area contributed by atoms with Crippen molar-refractivity contribution in [2.45, 2.75) is 53.0 Å². The highest BCUT2D eigenvalue weighted by Gasteiger charge is 2.41. The summed E-state index contributed by atoms with van der Waals surface area (Å²) in [6.45, 7) is 10.6. The van der Waals surface area contributed by atoms with E-state index >= 15 is 0 Å². The van der Waals surface area contributed by atoms with Crippen molar-refractivity contribution in [1.29, 1.82) is 0 Å². The van der Waals surface area contributed by atoms with Crippen LogP contribution in [0.2, 0.25) is 0 Å². The maximum Gasteiger partial charge on any atom is 0.282 e. The smallest absolute Gasteiger partial charge is 0.195 e. The van der Waals surface area contributed by atoms with E-state index in [1.807, 2.05) is 0 Å². The minimum Gasteiger partial charge on any atom is -0.195 e. The van der Waals surface area contributed by atoms with Gasteiger partial charge in [-0.25, -0.2) is 0 Å². The van der Waals surface area contributed by atoms with E-state index in [1.165, 1.54) is 0 Å². The SMILES string of the molecule is CC(C)[C@H]1CCCN1S(=O)(=O)N1C[C@H](C)C[C@@H](C)C1. The first-order valence-electron chi connectivity index (χ1n) is 7.59. The fourth-order valence-electron chi connectivity index (χ4n) is 3.66. The average molecular weight is 288 g/mol. The first kappa shape index (κ1) is 15.3. The summed E-state index contributed by atoms with van der Waals surface area (Å²) in [6.07, 6.45) is 3.15. The first-order valence-corrected chi connectivity index (χ1v) is 8.99. The second kappa shape index (κ2) is 5.70. The molecule has 3 atom stereocenters. The van der Waals surface area contributed by atoms with Crippen LogP contribution in [0.3, 0.4) is 0 Å². The van der Waals surface area contributed by atoms with Gasteiger partial charge in [-0.3, -0.25) is 0 Å². The Morgan fingerprint density at radius 1 is 1.11 bits per heavy atom.